The van der Waals surface area contributed by atoms with Crippen LogP contribution in [0.3, 0.4) is 0 Å². The molecule has 0 bridgehead atoms. The molecule has 2 heteroatoms. The SMILES string of the molecule is C=C(I)[Si](C)(C)C. The van der Waals surface area contributed by atoms with Crippen LogP contribution in [0.4, 0.5) is 0 Å². The average Bonchev–Trinajstić information content (AvgIpc) is 1.31. The van der Waals surface area contributed by atoms with E-state index in [1.54, 1.807) is 0 Å². The van der Waals surface area contributed by atoms with Crippen LogP contribution in [0.1, 0.15) is 0 Å². The van der Waals surface area contributed by atoms with Gasteiger partial charge in [-0.2, -0.15) is 0 Å². The lowest BCUT2D eigenvalue weighted by atomic mass is 11.3. The van der Waals surface area contributed by atoms with Crippen molar-refractivity contribution in [3.8, 4) is 0 Å². The van der Waals surface area contributed by atoms with Gasteiger partial charge in [-0.1, -0.05) is 48.8 Å². The molecule has 0 radical (unpaired) electrons. The first kappa shape index (κ1) is 7.69. The van der Waals surface area contributed by atoms with Crippen LogP contribution < -0.4 is 0 Å². The zero-order chi connectivity index (χ0) is 6.08. The normalized spacial score (nSPS) is 11.4. The van der Waals surface area contributed by atoms with Gasteiger partial charge in [0, 0.05) is 0 Å². The quantitative estimate of drug-likeness (QED) is 0.476. The molecule has 0 fully saturated rings. The van der Waals surface area contributed by atoms with Crippen LogP contribution in [0.5, 0.6) is 0 Å². The first-order valence-electron chi connectivity index (χ1n) is 2.29. The van der Waals surface area contributed by atoms with E-state index in [-0.39, 0.29) is 0 Å². The summed E-state index contributed by atoms with van der Waals surface area (Å²) in [4.78, 5) is 0. The van der Waals surface area contributed by atoms with Gasteiger partial charge in [-0.15, -0.1) is 0 Å². The van der Waals surface area contributed by atoms with Crippen LogP contribution in [0.2, 0.25) is 19.6 Å². The molecule has 0 N–H and O–H groups in total. The summed E-state index contributed by atoms with van der Waals surface area (Å²) >= 11 is 2.32. The Morgan fingerprint density at radius 3 is 1.57 bits per heavy atom. The third kappa shape index (κ3) is 3.29. The smallest absolute Gasteiger partial charge is 0.0846 e. The van der Waals surface area contributed by atoms with Crippen molar-refractivity contribution >= 4 is 30.7 Å². The maximum atomic E-state index is 3.87. The van der Waals surface area contributed by atoms with E-state index in [2.05, 4.69) is 48.8 Å². The van der Waals surface area contributed by atoms with E-state index in [1.165, 1.54) is 3.20 Å². The van der Waals surface area contributed by atoms with Gasteiger partial charge in [0.25, 0.3) is 0 Å². The van der Waals surface area contributed by atoms with Crippen LogP contribution in [0.15, 0.2) is 9.78 Å². The minimum atomic E-state index is -0.942. The number of halogens is 1. The highest BCUT2D eigenvalue weighted by atomic mass is 127. The molecule has 0 aliphatic rings. The van der Waals surface area contributed by atoms with Crippen molar-refractivity contribution in [2.45, 2.75) is 19.6 Å². The third-order valence-corrected chi connectivity index (χ3v) is 7.30. The van der Waals surface area contributed by atoms with Crippen molar-refractivity contribution in [3.63, 3.8) is 0 Å². The molecule has 0 amide bonds. The summed E-state index contributed by atoms with van der Waals surface area (Å²) in [7, 11) is -0.942. The van der Waals surface area contributed by atoms with Gasteiger partial charge in [0.15, 0.2) is 0 Å². The summed E-state index contributed by atoms with van der Waals surface area (Å²) < 4.78 is 1.35. The molecule has 0 rings (SSSR count). The Labute approximate surface area is 60.2 Å². The Bertz CT molecular complexity index is 80.6. The summed E-state index contributed by atoms with van der Waals surface area (Å²) in [6, 6.07) is 0. The van der Waals surface area contributed by atoms with Gasteiger partial charge in [-0.05, 0) is 3.20 Å². The molecule has 0 saturated carbocycles. The lowest BCUT2D eigenvalue weighted by molar-refractivity contribution is 1.77. The molecule has 0 unspecified atom stereocenters. The molecule has 0 aromatic carbocycles. The first-order valence-corrected chi connectivity index (χ1v) is 6.87. The van der Waals surface area contributed by atoms with Gasteiger partial charge in [0.1, 0.15) is 0 Å². The summed E-state index contributed by atoms with van der Waals surface area (Å²) in [6.45, 7) is 10.8. The van der Waals surface area contributed by atoms with E-state index in [1.807, 2.05) is 0 Å². The van der Waals surface area contributed by atoms with Crippen LogP contribution in [0, 0.1) is 0 Å². The number of hydrogen-bond donors (Lipinski definition) is 0. The number of rotatable bonds is 1. The molecular formula is C5H11ISi. The fourth-order valence-corrected chi connectivity index (χ4v) is 0. The van der Waals surface area contributed by atoms with Gasteiger partial charge >= 0.3 is 0 Å². The van der Waals surface area contributed by atoms with Crippen molar-refractivity contribution in [3.05, 3.63) is 9.78 Å². The zero-order valence-electron chi connectivity index (χ0n) is 5.09. The second-order valence-electron chi connectivity index (χ2n) is 2.65. The van der Waals surface area contributed by atoms with Gasteiger partial charge in [0.2, 0.25) is 0 Å². The van der Waals surface area contributed by atoms with E-state index < -0.39 is 8.07 Å². The van der Waals surface area contributed by atoms with E-state index >= 15 is 0 Å². The molecule has 0 nitrogen and oxygen atoms in total. The van der Waals surface area contributed by atoms with E-state index in [9.17, 15) is 0 Å². The minimum absolute atomic E-state index is 0.942. The molecule has 0 atom stereocenters. The lowest BCUT2D eigenvalue weighted by Crippen LogP contribution is -2.18. The highest BCUT2D eigenvalue weighted by molar-refractivity contribution is 14.1. The molecular weight excluding hydrogens is 215 g/mol. The Morgan fingerprint density at radius 1 is 1.43 bits per heavy atom. The highest BCUT2D eigenvalue weighted by Crippen LogP contribution is 2.17. The summed E-state index contributed by atoms with van der Waals surface area (Å²) in [6.07, 6.45) is 0. The van der Waals surface area contributed by atoms with E-state index in [0.717, 1.165) is 0 Å². The largest absolute Gasteiger partial charge is 0.0939 e. The number of hydrogen-bond acceptors (Lipinski definition) is 0. The third-order valence-electron chi connectivity index (χ3n) is 0.814. The Balaban J connectivity index is 3.79. The fraction of sp³-hybridized carbons (Fsp3) is 0.600. The molecule has 7 heavy (non-hydrogen) atoms. The second kappa shape index (κ2) is 2.30. The average molecular weight is 226 g/mol. The van der Waals surface area contributed by atoms with Crippen molar-refractivity contribution in [1.29, 1.82) is 0 Å². The molecule has 0 aliphatic carbocycles. The summed E-state index contributed by atoms with van der Waals surface area (Å²) in [5.74, 6) is 0. The summed E-state index contributed by atoms with van der Waals surface area (Å²) in [5.41, 5.74) is 0. The van der Waals surface area contributed by atoms with E-state index in [4.69, 9.17) is 0 Å². The maximum Gasteiger partial charge on any atom is 0.0846 e. The summed E-state index contributed by atoms with van der Waals surface area (Å²) in [5, 5.41) is 0. The Morgan fingerprint density at radius 2 is 1.57 bits per heavy atom. The first-order chi connectivity index (χ1) is 2.94. The molecule has 0 aromatic heterocycles. The van der Waals surface area contributed by atoms with E-state index in [0.29, 0.717) is 0 Å². The van der Waals surface area contributed by atoms with Crippen molar-refractivity contribution < 1.29 is 0 Å². The van der Waals surface area contributed by atoms with Crippen LogP contribution in [0.25, 0.3) is 0 Å². The Hall–Kier alpha value is 0.687. The molecule has 0 aromatic rings. The van der Waals surface area contributed by atoms with Crippen LogP contribution >= 0.6 is 22.6 Å². The van der Waals surface area contributed by atoms with Crippen LogP contribution in [-0.4, -0.2) is 8.07 Å². The topological polar surface area (TPSA) is 0 Å². The zero-order valence-corrected chi connectivity index (χ0v) is 8.24. The van der Waals surface area contributed by atoms with Gasteiger partial charge in [0.05, 0.1) is 8.07 Å². The van der Waals surface area contributed by atoms with Gasteiger partial charge < -0.3 is 0 Å². The standard InChI is InChI=1S/C5H11ISi/c1-5(6)7(2,3)4/h1H2,2-4H3. The predicted molar refractivity (Wildman–Crippen MR) is 46.5 cm³/mol. The molecule has 0 spiro atoms. The van der Waals surface area contributed by atoms with Crippen molar-refractivity contribution in [2.75, 3.05) is 0 Å². The van der Waals surface area contributed by atoms with Crippen LogP contribution in [-0.2, 0) is 0 Å². The van der Waals surface area contributed by atoms with Gasteiger partial charge in [-0.3, -0.25) is 0 Å². The van der Waals surface area contributed by atoms with Crippen molar-refractivity contribution in [1.82, 2.24) is 0 Å². The minimum Gasteiger partial charge on any atom is -0.0939 e. The molecule has 42 valence electrons. The monoisotopic (exact) mass is 226 g/mol. The molecule has 0 heterocycles. The predicted octanol–water partition coefficient (Wildman–Crippen LogP) is 2.81. The van der Waals surface area contributed by atoms with Gasteiger partial charge in [-0.25, -0.2) is 0 Å². The van der Waals surface area contributed by atoms with Crippen molar-refractivity contribution in [2.24, 2.45) is 0 Å². The molecule has 0 aliphatic heterocycles. The second-order valence-corrected chi connectivity index (χ2v) is 10.1. The fourth-order valence-electron chi connectivity index (χ4n) is 0. The Kier molecular flexibility index (Phi) is 2.53. The lowest BCUT2D eigenvalue weighted by Gasteiger charge is -2.12. The molecule has 0 saturated heterocycles. The maximum absolute atomic E-state index is 3.87. The highest BCUT2D eigenvalue weighted by Gasteiger charge is 2.13.